The highest BCUT2D eigenvalue weighted by molar-refractivity contribution is 5.96. The van der Waals surface area contributed by atoms with Crippen molar-refractivity contribution in [2.45, 2.75) is 0 Å². The Morgan fingerprint density at radius 2 is 1.05 bits per heavy atom. The van der Waals surface area contributed by atoms with E-state index in [9.17, 15) is 0 Å². The fraction of sp³-hybridized carbons (Fsp3) is 0. The predicted molar refractivity (Wildman–Crippen MR) is 157 cm³/mol. The number of hydrogen-bond acceptors (Lipinski definition) is 3. The zero-order valence-electron chi connectivity index (χ0n) is 20.6. The molecule has 0 aliphatic carbocycles. The third-order valence-electron chi connectivity index (χ3n) is 6.89. The maximum Gasteiger partial charge on any atom is 0.179 e. The van der Waals surface area contributed by atoms with Crippen molar-refractivity contribution in [2.75, 3.05) is 0 Å². The highest BCUT2D eigenvalue weighted by Crippen LogP contribution is 2.37. The number of benzene rings is 5. The van der Waals surface area contributed by atoms with Crippen LogP contribution in [0.15, 0.2) is 140 Å². The van der Waals surface area contributed by atoms with E-state index in [1.807, 2.05) is 42.5 Å². The minimum atomic E-state index is 0.623. The Bertz CT molecular complexity index is 1910. The summed E-state index contributed by atoms with van der Waals surface area (Å²) in [5.41, 5.74) is 9.26. The number of fused-ring (bicyclic) bond motifs is 2. The van der Waals surface area contributed by atoms with Gasteiger partial charge in [-0.05, 0) is 46.5 Å². The van der Waals surface area contributed by atoms with Gasteiger partial charge in [0, 0.05) is 16.3 Å². The van der Waals surface area contributed by atoms with Crippen LogP contribution in [0.4, 0.5) is 0 Å². The average molecular weight is 486 g/mol. The molecule has 0 aliphatic rings. The molecule has 3 heteroatoms. The number of aromatic nitrogens is 3. The van der Waals surface area contributed by atoms with Gasteiger partial charge in [-0.2, -0.15) is 0 Å². The van der Waals surface area contributed by atoms with Crippen molar-refractivity contribution in [3.05, 3.63) is 140 Å². The summed E-state index contributed by atoms with van der Waals surface area (Å²) >= 11 is 0. The molecule has 0 atom stereocenters. The summed E-state index contributed by atoms with van der Waals surface area (Å²) in [5.74, 6) is 0.623. The first-order valence-electron chi connectivity index (χ1n) is 12.7. The van der Waals surface area contributed by atoms with Gasteiger partial charge in [0.1, 0.15) is 5.69 Å². The Morgan fingerprint density at radius 1 is 0.395 bits per heavy atom. The summed E-state index contributed by atoms with van der Waals surface area (Å²) in [6.45, 7) is 0. The van der Waals surface area contributed by atoms with Crippen LogP contribution in [0.3, 0.4) is 0 Å². The van der Waals surface area contributed by atoms with Gasteiger partial charge in [-0.3, -0.25) is 0 Å². The van der Waals surface area contributed by atoms with Crippen LogP contribution >= 0.6 is 0 Å². The lowest BCUT2D eigenvalue weighted by molar-refractivity contribution is 1.19. The van der Waals surface area contributed by atoms with Gasteiger partial charge in [0.05, 0.1) is 16.7 Å². The van der Waals surface area contributed by atoms with Crippen molar-refractivity contribution >= 4 is 21.8 Å². The maximum absolute atomic E-state index is 5.11. The molecule has 38 heavy (non-hydrogen) atoms. The Labute approximate surface area is 221 Å². The van der Waals surface area contributed by atoms with Crippen LogP contribution in [0.2, 0.25) is 0 Å². The average Bonchev–Trinajstić information content (AvgIpc) is 3.01. The van der Waals surface area contributed by atoms with Crippen LogP contribution in [-0.2, 0) is 0 Å². The molecule has 0 amide bonds. The molecule has 0 spiro atoms. The van der Waals surface area contributed by atoms with Gasteiger partial charge in [0.2, 0.25) is 0 Å². The smallest absolute Gasteiger partial charge is 0.179 e. The van der Waals surface area contributed by atoms with Crippen LogP contribution < -0.4 is 0 Å². The second kappa shape index (κ2) is 9.38. The van der Waals surface area contributed by atoms with Crippen molar-refractivity contribution in [1.29, 1.82) is 0 Å². The normalized spacial score (nSPS) is 11.2. The lowest BCUT2D eigenvalue weighted by atomic mass is 9.91. The zero-order valence-corrected chi connectivity index (χ0v) is 20.6. The summed E-state index contributed by atoms with van der Waals surface area (Å²) < 4.78 is 0. The highest BCUT2D eigenvalue weighted by atomic mass is 14.9. The van der Waals surface area contributed by atoms with E-state index in [0.29, 0.717) is 5.82 Å². The van der Waals surface area contributed by atoms with Gasteiger partial charge in [-0.25, -0.2) is 15.0 Å². The second-order valence-electron chi connectivity index (χ2n) is 9.29. The molecular weight excluding hydrogens is 462 g/mol. The largest absolute Gasteiger partial charge is 0.244 e. The van der Waals surface area contributed by atoms with Gasteiger partial charge in [0.15, 0.2) is 5.82 Å². The summed E-state index contributed by atoms with van der Waals surface area (Å²) in [6, 6.07) is 48.1. The number of pyridine rings is 1. The molecular formula is C35H23N3. The maximum atomic E-state index is 5.11. The molecule has 7 rings (SSSR count). The van der Waals surface area contributed by atoms with Gasteiger partial charge >= 0.3 is 0 Å². The van der Waals surface area contributed by atoms with Gasteiger partial charge in [-0.15, -0.1) is 0 Å². The van der Waals surface area contributed by atoms with Gasteiger partial charge < -0.3 is 0 Å². The summed E-state index contributed by atoms with van der Waals surface area (Å²) in [6.07, 6.45) is 0. The van der Waals surface area contributed by atoms with Crippen molar-refractivity contribution in [1.82, 2.24) is 15.0 Å². The van der Waals surface area contributed by atoms with Gasteiger partial charge in [0.25, 0.3) is 0 Å². The minimum Gasteiger partial charge on any atom is -0.244 e. The van der Waals surface area contributed by atoms with E-state index >= 15 is 0 Å². The van der Waals surface area contributed by atoms with E-state index in [1.165, 1.54) is 22.3 Å². The molecule has 0 fully saturated rings. The Balaban J connectivity index is 1.45. The molecule has 7 aromatic rings. The lowest BCUT2D eigenvalue weighted by Gasteiger charge is -2.14. The van der Waals surface area contributed by atoms with Crippen molar-refractivity contribution < 1.29 is 0 Å². The zero-order chi connectivity index (χ0) is 25.3. The minimum absolute atomic E-state index is 0.623. The molecule has 5 aromatic carbocycles. The highest BCUT2D eigenvalue weighted by Gasteiger charge is 2.15. The summed E-state index contributed by atoms with van der Waals surface area (Å²) in [4.78, 5) is 14.9. The fourth-order valence-electron chi connectivity index (χ4n) is 5.02. The Kier molecular flexibility index (Phi) is 5.45. The predicted octanol–water partition coefficient (Wildman–Crippen LogP) is 8.85. The van der Waals surface area contributed by atoms with E-state index in [2.05, 4.69) is 97.1 Å². The van der Waals surface area contributed by atoms with Crippen molar-refractivity contribution in [2.24, 2.45) is 0 Å². The molecule has 2 heterocycles. The molecule has 0 radical (unpaired) electrons. The molecule has 0 aliphatic heterocycles. The van der Waals surface area contributed by atoms with Crippen LogP contribution in [0.1, 0.15) is 0 Å². The van der Waals surface area contributed by atoms with Crippen molar-refractivity contribution in [3.63, 3.8) is 0 Å². The second-order valence-corrected chi connectivity index (χ2v) is 9.29. The van der Waals surface area contributed by atoms with E-state index in [-0.39, 0.29) is 0 Å². The van der Waals surface area contributed by atoms with Crippen LogP contribution in [0.5, 0.6) is 0 Å². The Morgan fingerprint density at radius 3 is 1.84 bits per heavy atom. The van der Waals surface area contributed by atoms with Crippen molar-refractivity contribution in [3.8, 4) is 45.0 Å². The van der Waals surface area contributed by atoms with E-state index in [0.717, 1.165) is 38.8 Å². The van der Waals surface area contributed by atoms with Crippen LogP contribution in [-0.4, -0.2) is 15.0 Å². The summed E-state index contributed by atoms with van der Waals surface area (Å²) in [7, 11) is 0. The molecule has 2 aromatic heterocycles. The van der Waals surface area contributed by atoms with E-state index in [1.54, 1.807) is 0 Å². The molecule has 0 bridgehead atoms. The topological polar surface area (TPSA) is 38.7 Å². The van der Waals surface area contributed by atoms with Crippen LogP contribution in [0, 0.1) is 0 Å². The molecule has 0 saturated carbocycles. The monoisotopic (exact) mass is 485 g/mol. The molecule has 0 saturated heterocycles. The molecule has 178 valence electrons. The standard InChI is InChI=1S/C35H23N3/c1-3-11-24(12-4-1)28-21-19-27(23-30(28)25-13-5-2-6-14-25)34-29-16-8-10-18-32(29)37-35(38-34)33-22-20-26-15-7-9-17-31(26)36-33/h1-23H. The van der Waals surface area contributed by atoms with E-state index < -0.39 is 0 Å². The number of rotatable bonds is 4. The molecule has 3 nitrogen and oxygen atoms in total. The lowest BCUT2D eigenvalue weighted by Crippen LogP contribution is -1.97. The molecule has 0 unspecified atom stereocenters. The first-order valence-corrected chi connectivity index (χ1v) is 12.7. The van der Waals surface area contributed by atoms with Crippen LogP contribution in [0.25, 0.3) is 66.8 Å². The number of nitrogens with zero attached hydrogens (tertiary/aromatic N) is 3. The van der Waals surface area contributed by atoms with Gasteiger partial charge in [-0.1, -0.05) is 115 Å². The fourth-order valence-corrected chi connectivity index (χ4v) is 5.02. The quantitative estimate of drug-likeness (QED) is 0.250. The third-order valence-corrected chi connectivity index (χ3v) is 6.89. The van der Waals surface area contributed by atoms with E-state index in [4.69, 9.17) is 15.0 Å². The SMILES string of the molecule is c1ccc(-c2ccc(-c3nc(-c4ccc5ccccc5n4)nc4ccccc34)cc2-c2ccccc2)cc1. The number of hydrogen-bond donors (Lipinski definition) is 0. The first kappa shape index (κ1) is 22.1. The Hall–Kier alpha value is -5.15. The summed E-state index contributed by atoms with van der Waals surface area (Å²) in [5, 5.41) is 2.12. The molecule has 0 N–H and O–H groups in total. The third kappa shape index (κ3) is 4.00. The number of para-hydroxylation sites is 2. The first-order chi connectivity index (χ1) is 18.8.